The molecule has 1 saturated heterocycles. The van der Waals surface area contributed by atoms with Crippen LogP contribution in [0.3, 0.4) is 0 Å². The molecule has 39 heavy (non-hydrogen) atoms. The van der Waals surface area contributed by atoms with Crippen molar-refractivity contribution in [3.63, 3.8) is 0 Å². The summed E-state index contributed by atoms with van der Waals surface area (Å²) < 4.78 is 63.7. The van der Waals surface area contributed by atoms with Gasteiger partial charge in [0, 0.05) is 17.9 Å². The third-order valence-electron chi connectivity index (χ3n) is 6.82. The molecule has 5 rings (SSSR count). The summed E-state index contributed by atoms with van der Waals surface area (Å²) in [6.07, 6.45) is 3.67. The monoisotopic (exact) mass is 556 g/mol. The number of piperidine rings is 1. The zero-order valence-electron chi connectivity index (χ0n) is 20.9. The van der Waals surface area contributed by atoms with Crippen LogP contribution in [-0.2, 0) is 21.4 Å². The molecule has 1 amide bonds. The van der Waals surface area contributed by atoms with Gasteiger partial charge in [0.05, 0.1) is 11.4 Å². The first kappa shape index (κ1) is 26.9. The Morgan fingerprint density at radius 2 is 1.67 bits per heavy atom. The number of nitrogens with zero attached hydrogens (tertiary/aromatic N) is 2. The zero-order valence-corrected chi connectivity index (χ0v) is 21.7. The van der Waals surface area contributed by atoms with Crippen LogP contribution in [0.1, 0.15) is 41.9 Å². The van der Waals surface area contributed by atoms with Crippen LogP contribution in [0.4, 0.5) is 30.2 Å². The largest absolute Gasteiger partial charge is 0.516 e. The van der Waals surface area contributed by atoms with Gasteiger partial charge in [-0.3, -0.25) is 19.4 Å². The maximum atomic E-state index is 13.2. The molecule has 2 heterocycles. The minimum atomic E-state index is -5.62. The van der Waals surface area contributed by atoms with Crippen LogP contribution in [0.5, 0.6) is 0 Å². The van der Waals surface area contributed by atoms with E-state index in [0.29, 0.717) is 28.2 Å². The lowest BCUT2D eigenvalue weighted by molar-refractivity contribution is -0.115. The third-order valence-corrected chi connectivity index (χ3v) is 7.94. The molecule has 1 atom stereocenters. The van der Waals surface area contributed by atoms with Gasteiger partial charge in [-0.05, 0) is 73.0 Å². The molecule has 0 aliphatic carbocycles. The maximum absolute atomic E-state index is 13.2. The number of halogens is 3. The molecule has 0 bridgehead atoms. The highest BCUT2D eigenvalue weighted by Gasteiger charge is 2.46. The number of alkyl halides is 3. The molecule has 0 aromatic heterocycles. The quantitative estimate of drug-likeness (QED) is 0.361. The van der Waals surface area contributed by atoms with Gasteiger partial charge in [-0.1, -0.05) is 48.9 Å². The molecule has 11 heteroatoms. The van der Waals surface area contributed by atoms with E-state index in [1.165, 1.54) is 37.5 Å². The summed E-state index contributed by atoms with van der Waals surface area (Å²) in [5.41, 5.74) is -2.25. The van der Waals surface area contributed by atoms with Gasteiger partial charge < -0.3 is 5.32 Å². The van der Waals surface area contributed by atoms with Gasteiger partial charge in [-0.15, -0.1) is 0 Å². The number of aliphatic imine (C=N–C) groups is 1. The predicted molar refractivity (Wildman–Crippen MR) is 145 cm³/mol. The Morgan fingerprint density at radius 1 is 0.974 bits per heavy atom. The predicted octanol–water partition coefficient (Wildman–Crippen LogP) is 5.79. The van der Waals surface area contributed by atoms with Crippen molar-refractivity contribution in [3.8, 4) is 0 Å². The number of rotatable bonds is 7. The van der Waals surface area contributed by atoms with E-state index in [1.54, 1.807) is 29.0 Å². The first-order chi connectivity index (χ1) is 18.6. The molecule has 1 unspecified atom stereocenters. The maximum Gasteiger partial charge on any atom is 0.516 e. The molecule has 3 aromatic rings. The Bertz CT molecular complexity index is 1480. The number of amides is 1. The van der Waals surface area contributed by atoms with Crippen molar-refractivity contribution in [2.45, 2.75) is 37.2 Å². The van der Waals surface area contributed by atoms with Gasteiger partial charge in [-0.25, -0.2) is 0 Å². The van der Waals surface area contributed by atoms with Crippen LogP contribution < -0.4 is 10.0 Å². The first-order valence-corrected chi connectivity index (χ1v) is 14.1. The standard InChI is InChI=1S/C28H27F3N4O3S/c29-28(30,31)39(37,38)34-22-13-14-24-23(17-22)25(27(36)33-24)26(20-7-3-1-4-8-20)32-21-11-9-19(10-12-21)18-35-15-5-2-6-16-35/h1,3-4,7-14,17,25,34H,2,5-6,15-16,18H2,(H,33,36). The number of anilines is 2. The van der Waals surface area contributed by atoms with Crippen LogP contribution in [0.2, 0.25) is 0 Å². The molecule has 2 aliphatic rings. The van der Waals surface area contributed by atoms with Crippen molar-refractivity contribution in [1.29, 1.82) is 0 Å². The van der Waals surface area contributed by atoms with E-state index in [-0.39, 0.29) is 5.69 Å². The Balaban J connectivity index is 1.49. The minimum Gasteiger partial charge on any atom is -0.325 e. The van der Waals surface area contributed by atoms with Gasteiger partial charge in [-0.2, -0.15) is 21.6 Å². The van der Waals surface area contributed by atoms with Crippen molar-refractivity contribution in [1.82, 2.24) is 4.90 Å². The second-order valence-corrected chi connectivity index (χ2v) is 11.3. The van der Waals surface area contributed by atoms with Crippen molar-refractivity contribution in [2.24, 2.45) is 4.99 Å². The fourth-order valence-electron chi connectivity index (χ4n) is 4.90. The van der Waals surface area contributed by atoms with E-state index in [9.17, 15) is 26.4 Å². The lowest BCUT2D eigenvalue weighted by Crippen LogP contribution is -2.30. The average molecular weight is 557 g/mol. The summed E-state index contributed by atoms with van der Waals surface area (Å²) in [5.74, 6) is -1.38. The number of likely N-dealkylation sites (tertiary alicyclic amines) is 1. The molecule has 2 aliphatic heterocycles. The molecule has 0 saturated carbocycles. The molecule has 1 fully saturated rings. The fraction of sp³-hybridized carbons (Fsp3) is 0.286. The van der Waals surface area contributed by atoms with Crippen molar-refractivity contribution in [3.05, 3.63) is 89.5 Å². The molecule has 3 aromatic carbocycles. The number of carbonyl (C=O) groups excluding carboxylic acids is 1. The highest BCUT2D eigenvalue weighted by atomic mass is 32.2. The number of carbonyl (C=O) groups is 1. The number of benzene rings is 3. The number of hydrogen-bond donors (Lipinski definition) is 2. The van der Waals surface area contributed by atoms with Crippen molar-refractivity contribution < 1.29 is 26.4 Å². The lowest BCUT2D eigenvalue weighted by atomic mass is 9.90. The number of hydrogen-bond acceptors (Lipinski definition) is 5. The summed E-state index contributed by atoms with van der Waals surface area (Å²) in [7, 11) is -5.62. The summed E-state index contributed by atoms with van der Waals surface area (Å²) in [6, 6.07) is 20.6. The molecule has 2 N–H and O–H groups in total. The Kier molecular flexibility index (Phi) is 7.46. The SMILES string of the molecule is O=C1Nc2ccc(NS(=O)(=O)C(F)(F)F)cc2C1C(=Nc1ccc(CN2CCCCC2)cc1)c1ccccc1. The molecule has 0 spiro atoms. The first-order valence-electron chi connectivity index (χ1n) is 12.6. The third kappa shape index (κ3) is 5.99. The van der Waals surface area contributed by atoms with Crippen LogP contribution in [0, 0.1) is 0 Å². The molecular weight excluding hydrogens is 529 g/mol. The number of sulfonamides is 1. The highest BCUT2D eigenvalue weighted by molar-refractivity contribution is 7.93. The summed E-state index contributed by atoms with van der Waals surface area (Å²) in [4.78, 5) is 20.4. The van der Waals surface area contributed by atoms with Crippen molar-refractivity contribution >= 4 is 38.7 Å². The van der Waals surface area contributed by atoms with Crippen LogP contribution in [-0.4, -0.2) is 43.5 Å². The molecular formula is C28H27F3N4O3S. The van der Waals surface area contributed by atoms with Gasteiger partial charge >= 0.3 is 15.5 Å². The second kappa shape index (κ2) is 10.8. The summed E-state index contributed by atoms with van der Waals surface area (Å²) in [5, 5.41) is 2.73. The smallest absolute Gasteiger partial charge is 0.325 e. The average Bonchev–Trinajstić information content (AvgIpc) is 3.23. The van der Waals surface area contributed by atoms with Crippen LogP contribution in [0.15, 0.2) is 77.8 Å². The summed E-state index contributed by atoms with van der Waals surface area (Å²) in [6.45, 7) is 3.01. The lowest BCUT2D eigenvalue weighted by Gasteiger charge is -2.26. The van der Waals surface area contributed by atoms with Crippen LogP contribution in [0.25, 0.3) is 0 Å². The highest BCUT2D eigenvalue weighted by Crippen LogP contribution is 2.38. The topological polar surface area (TPSA) is 90.9 Å². The van der Waals surface area contributed by atoms with E-state index in [2.05, 4.69) is 10.2 Å². The zero-order chi connectivity index (χ0) is 27.6. The second-order valence-electron chi connectivity index (χ2n) is 9.64. The van der Waals surface area contributed by atoms with E-state index in [1.807, 2.05) is 30.3 Å². The van der Waals surface area contributed by atoms with Gasteiger partial charge in [0.15, 0.2) is 0 Å². The van der Waals surface area contributed by atoms with E-state index >= 15 is 0 Å². The fourth-order valence-corrected chi connectivity index (χ4v) is 5.46. The number of fused-ring (bicyclic) bond motifs is 1. The van der Waals surface area contributed by atoms with E-state index in [4.69, 9.17) is 4.99 Å². The van der Waals surface area contributed by atoms with Gasteiger partial charge in [0.2, 0.25) is 5.91 Å². The Labute approximate surface area is 224 Å². The Morgan fingerprint density at radius 3 is 2.33 bits per heavy atom. The Hall–Kier alpha value is -3.70. The van der Waals surface area contributed by atoms with E-state index < -0.39 is 27.4 Å². The minimum absolute atomic E-state index is 0.304. The molecule has 0 radical (unpaired) electrons. The van der Waals surface area contributed by atoms with Crippen LogP contribution >= 0.6 is 0 Å². The van der Waals surface area contributed by atoms with E-state index in [0.717, 1.165) is 25.2 Å². The molecule has 7 nitrogen and oxygen atoms in total. The van der Waals surface area contributed by atoms with Crippen molar-refractivity contribution in [2.75, 3.05) is 23.1 Å². The number of nitrogens with one attached hydrogen (secondary N) is 2. The molecule has 204 valence electrons. The normalized spacial score (nSPS) is 18.5. The van der Waals surface area contributed by atoms with Gasteiger partial charge in [0.25, 0.3) is 0 Å². The van der Waals surface area contributed by atoms with Gasteiger partial charge in [0.1, 0.15) is 5.92 Å². The summed E-state index contributed by atoms with van der Waals surface area (Å²) >= 11 is 0.